The van der Waals surface area contributed by atoms with Gasteiger partial charge in [-0.3, -0.25) is 14.9 Å². The van der Waals surface area contributed by atoms with Crippen LogP contribution in [0.5, 0.6) is 5.75 Å². The lowest BCUT2D eigenvalue weighted by molar-refractivity contribution is -0.385. The third kappa shape index (κ3) is 4.75. The van der Waals surface area contributed by atoms with Crippen molar-refractivity contribution in [3.05, 3.63) is 63.2 Å². The maximum Gasteiger partial charge on any atom is 0.416 e. The lowest BCUT2D eigenvalue weighted by atomic mass is 10.1. The topological polar surface area (TPSA) is 81.5 Å². The van der Waals surface area contributed by atoms with Crippen LogP contribution in [-0.2, 0) is 6.18 Å². The predicted octanol–water partition coefficient (Wildman–Crippen LogP) is 4.96. The Kier molecular flexibility index (Phi) is 6.04. The molecule has 0 aliphatic heterocycles. The number of carbonyl (C=O) groups is 1. The van der Waals surface area contributed by atoms with Crippen molar-refractivity contribution in [1.82, 2.24) is 0 Å². The van der Waals surface area contributed by atoms with Crippen LogP contribution in [0.15, 0.2) is 36.4 Å². The molecule has 0 aliphatic carbocycles. The van der Waals surface area contributed by atoms with Crippen LogP contribution in [0.3, 0.4) is 0 Å². The summed E-state index contributed by atoms with van der Waals surface area (Å²) in [6.45, 7) is 3.48. The summed E-state index contributed by atoms with van der Waals surface area (Å²) in [5, 5.41) is 13.4. The maximum atomic E-state index is 13.0. The standard InChI is InChI=1S/C18H17F3N2O4/c1-3-9-27-16-8-7-12(18(19,20)21)10-14(16)22-17(24)13-5-4-6-15(11(13)2)23(25)26/h4-8,10H,3,9H2,1-2H3,(H,22,24). The van der Waals surface area contributed by atoms with E-state index in [9.17, 15) is 28.1 Å². The van der Waals surface area contributed by atoms with E-state index in [0.29, 0.717) is 6.42 Å². The Bertz CT molecular complexity index is 866. The molecule has 144 valence electrons. The Balaban J connectivity index is 2.41. The smallest absolute Gasteiger partial charge is 0.416 e. The van der Waals surface area contributed by atoms with Gasteiger partial charge < -0.3 is 10.1 Å². The average Bonchev–Trinajstić information content (AvgIpc) is 2.59. The highest BCUT2D eigenvalue weighted by Gasteiger charge is 2.31. The van der Waals surface area contributed by atoms with E-state index in [1.807, 2.05) is 6.92 Å². The molecule has 0 spiro atoms. The first-order chi connectivity index (χ1) is 12.6. The Morgan fingerprint density at radius 1 is 1.26 bits per heavy atom. The fourth-order valence-corrected chi connectivity index (χ4v) is 2.40. The number of nitro groups is 1. The summed E-state index contributed by atoms with van der Waals surface area (Å²) in [7, 11) is 0. The molecule has 1 amide bonds. The molecular formula is C18H17F3N2O4. The second-order valence-corrected chi connectivity index (χ2v) is 5.72. The van der Waals surface area contributed by atoms with Crippen LogP contribution in [0.2, 0.25) is 0 Å². The number of nitrogens with one attached hydrogen (secondary N) is 1. The number of hydrogen-bond acceptors (Lipinski definition) is 4. The Labute approximate surface area is 153 Å². The lowest BCUT2D eigenvalue weighted by Crippen LogP contribution is -2.16. The third-order valence-corrected chi connectivity index (χ3v) is 3.76. The van der Waals surface area contributed by atoms with Crippen molar-refractivity contribution < 1.29 is 27.6 Å². The van der Waals surface area contributed by atoms with Crippen LogP contribution in [0, 0.1) is 17.0 Å². The van der Waals surface area contributed by atoms with Crippen molar-refractivity contribution in [2.24, 2.45) is 0 Å². The van der Waals surface area contributed by atoms with E-state index in [-0.39, 0.29) is 34.9 Å². The van der Waals surface area contributed by atoms with Gasteiger partial charge in [0.05, 0.1) is 22.8 Å². The van der Waals surface area contributed by atoms with Crippen molar-refractivity contribution in [2.45, 2.75) is 26.4 Å². The summed E-state index contributed by atoms with van der Waals surface area (Å²) in [5.74, 6) is -0.682. The number of benzene rings is 2. The normalized spacial score (nSPS) is 11.1. The number of nitro benzene ring substituents is 1. The third-order valence-electron chi connectivity index (χ3n) is 3.76. The minimum Gasteiger partial charge on any atom is -0.491 e. The molecule has 27 heavy (non-hydrogen) atoms. The SMILES string of the molecule is CCCOc1ccc(C(F)(F)F)cc1NC(=O)c1cccc([N+](=O)[O-])c1C. The van der Waals surface area contributed by atoms with Gasteiger partial charge in [0.25, 0.3) is 11.6 Å². The van der Waals surface area contributed by atoms with Crippen LogP contribution in [0.25, 0.3) is 0 Å². The minimum absolute atomic E-state index is 0.0111. The van der Waals surface area contributed by atoms with E-state index in [2.05, 4.69) is 5.32 Å². The van der Waals surface area contributed by atoms with Gasteiger partial charge in [0, 0.05) is 17.2 Å². The molecule has 0 heterocycles. The number of ether oxygens (including phenoxy) is 1. The molecule has 0 bridgehead atoms. The minimum atomic E-state index is -4.59. The first kappa shape index (κ1) is 20.2. The van der Waals surface area contributed by atoms with Gasteiger partial charge in [-0.2, -0.15) is 13.2 Å². The van der Waals surface area contributed by atoms with Crippen LogP contribution in [0.1, 0.15) is 34.8 Å². The molecule has 2 rings (SSSR count). The van der Waals surface area contributed by atoms with Gasteiger partial charge in [-0.15, -0.1) is 0 Å². The van der Waals surface area contributed by atoms with Crippen molar-refractivity contribution >= 4 is 17.3 Å². The maximum absolute atomic E-state index is 13.0. The summed E-state index contributed by atoms with van der Waals surface area (Å²) in [6.07, 6.45) is -3.97. The van der Waals surface area contributed by atoms with E-state index >= 15 is 0 Å². The highest BCUT2D eigenvalue weighted by Crippen LogP contribution is 2.35. The fourth-order valence-electron chi connectivity index (χ4n) is 2.40. The quantitative estimate of drug-likeness (QED) is 0.565. The molecule has 9 heteroatoms. The Morgan fingerprint density at radius 2 is 1.96 bits per heavy atom. The zero-order valence-corrected chi connectivity index (χ0v) is 14.6. The number of nitrogens with zero attached hydrogens (tertiary/aromatic N) is 1. The molecule has 0 saturated carbocycles. The highest BCUT2D eigenvalue weighted by atomic mass is 19.4. The number of amides is 1. The van der Waals surface area contributed by atoms with Gasteiger partial charge in [0.2, 0.25) is 0 Å². The van der Waals surface area contributed by atoms with Crippen molar-refractivity contribution in [3.63, 3.8) is 0 Å². The molecule has 0 fully saturated rings. The Morgan fingerprint density at radius 3 is 2.56 bits per heavy atom. The van der Waals surface area contributed by atoms with Gasteiger partial charge in [0.1, 0.15) is 5.75 Å². The average molecular weight is 382 g/mol. The lowest BCUT2D eigenvalue weighted by Gasteiger charge is -2.15. The number of alkyl halides is 3. The zero-order chi connectivity index (χ0) is 20.2. The molecule has 0 atom stereocenters. The molecular weight excluding hydrogens is 365 g/mol. The van der Waals surface area contributed by atoms with Gasteiger partial charge in [-0.05, 0) is 37.6 Å². The van der Waals surface area contributed by atoms with Crippen molar-refractivity contribution in [3.8, 4) is 5.75 Å². The molecule has 2 aromatic carbocycles. The van der Waals surface area contributed by atoms with Gasteiger partial charge >= 0.3 is 6.18 Å². The van der Waals surface area contributed by atoms with E-state index in [0.717, 1.165) is 18.2 Å². The van der Waals surface area contributed by atoms with Crippen LogP contribution in [0.4, 0.5) is 24.5 Å². The summed E-state index contributed by atoms with van der Waals surface area (Å²) in [5.41, 5.74) is -1.26. The first-order valence-corrected chi connectivity index (χ1v) is 8.04. The van der Waals surface area contributed by atoms with E-state index in [1.165, 1.54) is 25.1 Å². The van der Waals surface area contributed by atoms with Crippen LogP contribution < -0.4 is 10.1 Å². The largest absolute Gasteiger partial charge is 0.491 e. The summed E-state index contributed by atoms with van der Waals surface area (Å²) < 4.78 is 44.4. The molecule has 0 aliphatic rings. The second-order valence-electron chi connectivity index (χ2n) is 5.72. The second kappa shape index (κ2) is 8.07. The fraction of sp³-hybridized carbons (Fsp3) is 0.278. The monoisotopic (exact) mass is 382 g/mol. The highest BCUT2D eigenvalue weighted by molar-refractivity contribution is 6.06. The summed E-state index contributed by atoms with van der Waals surface area (Å²) in [4.78, 5) is 22.9. The summed E-state index contributed by atoms with van der Waals surface area (Å²) in [6, 6.07) is 6.70. The predicted molar refractivity (Wildman–Crippen MR) is 93.0 cm³/mol. The van der Waals surface area contributed by atoms with Gasteiger partial charge in [-0.1, -0.05) is 13.0 Å². The van der Waals surface area contributed by atoms with E-state index in [1.54, 1.807) is 0 Å². The zero-order valence-electron chi connectivity index (χ0n) is 14.6. The van der Waals surface area contributed by atoms with E-state index in [4.69, 9.17) is 4.74 Å². The molecule has 2 aromatic rings. The molecule has 1 N–H and O–H groups in total. The first-order valence-electron chi connectivity index (χ1n) is 8.04. The Hall–Kier alpha value is -3.10. The number of carbonyl (C=O) groups excluding carboxylic acids is 1. The van der Waals surface area contributed by atoms with Crippen LogP contribution >= 0.6 is 0 Å². The number of anilines is 1. The number of rotatable bonds is 6. The van der Waals surface area contributed by atoms with Crippen molar-refractivity contribution in [1.29, 1.82) is 0 Å². The van der Waals surface area contributed by atoms with Gasteiger partial charge in [0.15, 0.2) is 0 Å². The van der Waals surface area contributed by atoms with Crippen molar-refractivity contribution in [2.75, 3.05) is 11.9 Å². The molecule has 0 unspecified atom stereocenters. The molecule has 0 radical (unpaired) electrons. The molecule has 0 saturated heterocycles. The van der Waals surface area contributed by atoms with E-state index < -0.39 is 22.6 Å². The number of hydrogen-bond donors (Lipinski definition) is 1. The molecule has 0 aromatic heterocycles. The molecule has 6 nitrogen and oxygen atoms in total. The number of halogens is 3. The van der Waals surface area contributed by atoms with Gasteiger partial charge in [-0.25, -0.2) is 0 Å². The van der Waals surface area contributed by atoms with Crippen LogP contribution in [-0.4, -0.2) is 17.4 Å². The summed E-state index contributed by atoms with van der Waals surface area (Å²) >= 11 is 0.